The van der Waals surface area contributed by atoms with Crippen LogP contribution in [0.3, 0.4) is 0 Å². The van der Waals surface area contributed by atoms with E-state index in [1.54, 1.807) is 0 Å². The van der Waals surface area contributed by atoms with Gasteiger partial charge in [0.2, 0.25) is 12.7 Å². The number of carbonyl (C=O) groups excluding carboxylic acids is 1. The zero-order chi connectivity index (χ0) is 17.6. The molecule has 1 aromatic carbocycles. The zero-order valence-corrected chi connectivity index (χ0v) is 15.9. The Morgan fingerprint density at radius 2 is 2.08 bits per heavy atom. The second-order valence-corrected chi connectivity index (χ2v) is 6.80. The van der Waals surface area contributed by atoms with E-state index in [1.807, 2.05) is 24.0 Å². The van der Waals surface area contributed by atoms with Crippen molar-refractivity contribution in [1.82, 2.24) is 15.5 Å². The largest absolute Gasteiger partial charge is 0.454 e. The summed E-state index contributed by atoms with van der Waals surface area (Å²) in [6.45, 7) is 5.42. The van der Waals surface area contributed by atoms with Gasteiger partial charge in [-0.1, -0.05) is 0 Å². The summed E-state index contributed by atoms with van der Waals surface area (Å²) in [5.41, 5.74) is 0.999. The number of likely N-dealkylation sites (tertiary alicyclic amines) is 1. The lowest BCUT2D eigenvalue weighted by Gasteiger charge is -2.17. The van der Waals surface area contributed by atoms with Crippen LogP contribution in [0.1, 0.15) is 25.3 Å². The second kappa shape index (κ2) is 8.42. The van der Waals surface area contributed by atoms with E-state index >= 15 is 0 Å². The van der Waals surface area contributed by atoms with Crippen molar-refractivity contribution < 1.29 is 14.3 Å². The molecule has 0 saturated carbocycles. The smallest absolute Gasteiger partial charge is 0.241 e. The maximum atomic E-state index is 12.1. The van der Waals surface area contributed by atoms with E-state index < -0.39 is 0 Å². The number of hydrogen-bond acceptors (Lipinski definition) is 4. The number of nitrogens with zero attached hydrogens (tertiary/aromatic N) is 2. The predicted octanol–water partition coefficient (Wildman–Crippen LogP) is 1.86. The highest BCUT2D eigenvalue weighted by Crippen LogP contribution is 2.40. The molecule has 0 atom stereocenters. The van der Waals surface area contributed by atoms with Gasteiger partial charge in [-0.05, 0) is 53.4 Å². The van der Waals surface area contributed by atoms with Crippen LogP contribution >= 0.6 is 15.9 Å². The molecule has 0 aliphatic carbocycles. The third-order valence-corrected chi connectivity index (χ3v) is 4.71. The van der Waals surface area contributed by atoms with Crippen LogP contribution in [0.2, 0.25) is 0 Å². The Morgan fingerprint density at radius 1 is 1.28 bits per heavy atom. The van der Waals surface area contributed by atoms with E-state index in [2.05, 4.69) is 31.6 Å². The molecule has 3 rings (SSSR count). The first-order chi connectivity index (χ1) is 12.2. The molecule has 0 radical (unpaired) electrons. The first kappa shape index (κ1) is 17.8. The lowest BCUT2D eigenvalue weighted by molar-refractivity contribution is -0.128. The van der Waals surface area contributed by atoms with Gasteiger partial charge in [0.15, 0.2) is 17.5 Å². The molecule has 2 aliphatic heterocycles. The van der Waals surface area contributed by atoms with Crippen molar-refractivity contribution in [3.8, 4) is 11.5 Å². The molecule has 2 N–H and O–H groups in total. The fourth-order valence-corrected chi connectivity index (χ4v) is 3.47. The van der Waals surface area contributed by atoms with Crippen LogP contribution in [-0.4, -0.2) is 49.7 Å². The number of nitrogens with one attached hydrogen (secondary N) is 2. The van der Waals surface area contributed by atoms with Crippen LogP contribution in [0.25, 0.3) is 0 Å². The maximum absolute atomic E-state index is 12.1. The molecule has 0 aromatic heterocycles. The molecule has 7 nitrogen and oxygen atoms in total. The van der Waals surface area contributed by atoms with Crippen molar-refractivity contribution in [2.45, 2.75) is 26.3 Å². The van der Waals surface area contributed by atoms with Gasteiger partial charge in [0.05, 0.1) is 17.6 Å². The molecular formula is C17H23BrN4O3. The Labute approximate surface area is 155 Å². The summed E-state index contributed by atoms with van der Waals surface area (Å²) in [5.74, 6) is 2.20. The summed E-state index contributed by atoms with van der Waals surface area (Å²) in [7, 11) is 0. The Hall–Kier alpha value is -1.96. The van der Waals surface area contributed by atoms with Crippen molar-refractivity contribution in [3.63, 3.8) is 0 Å². The summed E-state index contributed by atoms with van der Waals surface area (Å²) in [5, 5.41) is 6.28. The average Bonchev–Trinajstić information content (AvgIpc) is 3.28. The summed E-state index contributed by atoms with van der Waals surface area (Å²) in [6.07, 6.45) is 2.19. The molecule has 1 amide bonds. The number of ether oxygens (including phenoxy) is 2. The van der Waals surface area contributed by atoms with Crippen LogP contribution < -0.4 is 20.1 Å². The quantitative estimate of drug-likeness (QED) is 0.572. The van der Waals surface area contributed by atoms with Crippen LogP contribution in [0, 0.1) is 0 Å². The molecule has 0 unspecified atom stereocenters. The molecule has 2 heterocycles. The minimum absolute atomic E-state index is 0.119. The van der Waals surface area contributed by atoms with Crippen molar-refractivity contribution >= 4 is 27.8 Å². The monoisotopic (exact) mass is 410 g/mol. The molecule has 1 aromatic rings. The number of hydrogen-bond donors (Lipinski definition) is 2. The van der Waals surface area contributed by atoms with Gasteiger partial charge in [-0.25, -0.2) is 4.99 Å². The second-order valence-electron chi connectivity index (χ2n) is 5.95. The Bertz CT molecular complexity index is 660. The van der Waals surface area contributed by atoms with Crippen LogP contribution in [-0.2, 0) is 11.3 Å². The topological polar surface area (TPSA) is 75.2 Å². The number of benzene rings is 1. The molecule has 0 bridgehead atoms. The van der Waals surface area contributed by atoms with Crippen molar-refractivity contribution in [2.24, 2.45) is 4.99 Å². The number of halogens is 1. The van der Waals surface area contributed by atoms with E-state index in [-0.39, 0.29) is 19.2 Å². The average molecular weight is 411 g/mol. The molecule has 0 spiro atoms. The van der Waals surface area contributed by atoms with E-state index in [4.69, 9.17) is 9.47 Å². The minimum Gasteiger partial charge on any atom is -0.454 e. The standard InChI is InChI=1S/C17H23BrN4O3/c1-2-19-17(21-10-15(23)22-5-3-4-6-22)20-9-12-7-13(18)16-14(8-12)24-11-25-16/h7-8H,2-6,9-11H2,1H3,(H2,19,20,21). The SMILES string of the molecule is CCNC(=NCc1cc(Br)c2c(c1)OCO2)NCC(=O)N1CCCC1. The number of carbonyl (C=O) groups is 1. The highest BCUT2D eigenvalue weighted by atomic mass is 79.9. The predicted molar refractivity (Wildman–Crippen MR) is 98.9 cm³/mol. The third kappa shape index (κ3) is 4.56. The fourth-order valence-electron chi connectivity index (χ4n) is 2.86. The van der Waals surface area contributed by atoms with Crippen molar-refractivity contribution in [2.75, 3.05) is 33.0 Å². The van der Waals surface area contributed by atoms with Crippen LogP contribution in [0.15, 0.2) is 21.6 Å². The van der Waals surface area contributed by atoms with Gasteiger partial charge in [-0.3, -0.25) is 4.79 Å². The zero-order valence-electron chi connectivity index (χ0n) is 14.3. The Kier molecular flexibility index (Phi) is 6.01. The van der Waals surface area contributed by atoms with Crippen molar-refractivity contribution in [3.05, 3.63) is 22.2 Å². The number of guanidine groups is 1. The minimum atomic E-state index is 0.119. The molecule has 8 heteroatoms. The highest BCUT2D eigenvalue weighted by Gasteiger charge is 2.19. The van der Waals surface area contributed by atoms with Gasteiger partial charge in [-0.2, -0.15) is 0 Å². The van der Waals surface area contributed by atoms with Gasteiger partial charge < -0.3 is 25.0 Å². The molecule has 2 aliphatic rings. The molecule has 1 fully saturated rings. The summed E-state index contributed by atoms with van der Waals surface area (Å²) < 4.78 is 11.7. The first-order valence-corrected chi connectivity index (χ1v) is 9.34. The number of amides is 1. The Balaban J connectivity index is 1.60. The lowest BCUT2D eigenvalue weighted by Crippen LogP contribution is -2.44. The normalized spacial score (nSPS) is 16.2. The van der Waals surface area contributed by atoms with Gasteiger partial charge in [-0.15, -0.1) is 0 Å². The first-order valence-electron chi connectivity index (χ1n) is 8.55. The van der Waals surface area contributed by atoms with E-state index in [0.717, 1.165) is 54.0 Å². The van der Waals surface area contributed by atoms with Gasteiger partial charge in [0, 0.05) is 19.6 Å². The maximum Gasteiger partial charge on any atom is 0.241 e. The van der Waals surface area contributed by atoms with Gasteiger partial charge >= 0.3 is 0 Å². The highest BCUT2D eigenvalue weighted by molar-refractivity contribution is 9.10. The number of aliphatic imine (C=N–C) groups is 1. The van der Waals surface area contributed by atoms with Crippen LogP contribution in [0.5, 0.6) is 11.5 Å². The Morgan fingerprint density at radius 3 is 2.84 bits per heavy atom. The van der Waals surface area contributed by atoms with Gasteiger partial charge in [0.25, 0.3) is 0 Å². The number of rotatable bonds is 5. The molecular weight excluding hydrogens is 388 g/mol. The number of fused-ring (bicyclic) bond motifs is 1. The molecule has 136 valence electrons. The lowest BCUT2D eigenvalue weighted by atomic mass is 10.2. The fraction of sp³-hybridized carbons (Fsp3) is 0.529. The summed E-state index contributed by atoms with van der Waals surface area (Å²) >= 11 is 3.49. The van der Waals surface area contributed by atoms with E-state index in [9.17, 15) is 4.79 Å². The van der Waals surface area contributed by atoms with Crippen molar-refractivity contribution in [1.29, 1.82) is 0 Å². The summed E-state index contributed by atoms with van der Waals surface area (Å²) in [6, 6.07) is 3.89. The van der Waals surface area contributed by atoms with Gasteiger partial charge in [0.1, 0.15) is 0 Å². The van der Waals surface area contributed by atoms with E-state index in [1.165, 1.54) is 0 Å². The van der Waals surface area contributed by atoms with E-state index in [0.29, 0.717) is 12.5 Å². The van der Waals surface area contributed by atoms with Crippen LogP contribution in [0.4, 0.5) is 0 Å². The summed E-state index contributed by atoms with van der Waals surface area (Å²) in [4.78, 5) is 18.6. The molecule has 25 heavy (non-hydrogen) atoms. The third-order valence-electron chi connectivity index (χ3n) is 4.12. The molecule has 1 saturated heterocycles.